The second kappa shape index (κ2) is 9.34. The Hall–Kier alpha value is -1.62. The third-order valence-electron chi connectivity index (χ3n) is 3.12. The lowest BCUT2D eigenvalue weighted by Crippen LogP contribution is -2.36. The Kier molecular flexibility index (Phi) is 7.75. The van der Waals surface area contributed by atoms with Crippen LogP contribution in [0.5, 0.6) is 0 Å². The fourth-order valence-corrected chi connectivity index (χ4v) is 2.01. The van der Waals surface area contributed by atoms with E-state index in [-0.39, 0.29) is 5.91 Å². The van der Waals surface area contributed by atoms with E-state index >= 15 is 0 Å². The van der Waals surface area contributed by atoms with Gasteiger partial charge in [-0.2, -0.15) is 0 Å². The number of amides is 1. The van der Waals surface area contributed by atoms with Crippen molar-refractivity contribution in [1.29, 1.82) is 0 Å². The minimum Gasteiger partial charge on any atom is -0.358 e. The zero-order valence-corrected chi connectivity index (χ0v) is 13.6. The van der Waals surface area contributed by atoms with Crippen molar-refractivity contribution in [3.8, 4) is 0 Å². The normalized spacial score (nSPS) is 10.7. The Morgan fingerprint density at radius 3 is 2.67 bits per heavy atom. The summed E-state index contributed by atoms with van der Waals surface area (Å²) in [6.45, 7) is 9.48. The van der Waals surface area contributed by atoms with Crippen molar-refractivity contribution >= 4 is 11.7 Å². The van der Waals surface area contributed by atoms with Crippen molar-refractivity contribution in [1.82, 2.24) is 15.6 Å². The van der Waals surface area contributed by atoms with Gasteiger partial charge in [-0.05, 0) is 30.5 Å². The van der Waals surface area contributed by atoms with E-state index in [1.165, 1.54) is 0 Å². The van der Waals surface area contributed by atoms with Crippen LogP contribution < -0.4 is 15.5 Å². The first kappa shape index (κ1) is 17.4. The van der Waals surface area contributed by atoms with Crippen molar-refractivity contribution in [2.24, 2.45) is 5.92 Å². The van der Waals surface area contributed by atoms with Crippen LogP contribution in [0, 0.1) is 5.92 Å². The van der Waals surface area contributed by atoms with Crippen LogP contribution in [0.15, 0.2) is 18.3 Å². The van der Waals surface area contributed by atoms with Gasteiger partial charge in [0.05, 0.1) is 6.54 Å². The average Bonchev–Trinajstić information content (AvgIpc) is 2.47. The summed E-state index contributed by atoms with van der Waals surface area (Å²) < 4.78 is 0. The summed E-state index contributed by atoms with van der Waals surface area (Å²) in [6.07, 6.45) is 2.87. The molecule has 0 aliphatic rings. The maximum atomic E-state index is 11.6. The molecular formula is C16H28N4O. The van der Waals surface area contributed by atoms with Crippen molar-refractivity contribution in [3.05, 3.63) is 23.9 Å². The van der Waals surface area contributed by atoms with E-state index in [2.05, 4.69) is 42.5 Å². The van der Waals surface area contributed by atoms with Gasteiger partial charge >= 0.3 is 0 Å². The number of anilines is 1. The summed E-state index contributed by atoms with van der Waals surface area (Å²) >= 11 is 0. The molecule has 0 aromatic carbocycles. The molecule has 0 atom stereocenters. The van der Waals surface area contributed by atoms with E-state index in [1.54, 1.807) is 7.05 Å². The van der Waals surface area contributed by atoms with Gasteiger partial charge in [-0.25, -0.2) is 4.98 Å². The molecule has 2 N–H and O–H groups in total. The molecule has 0 saturated heterocycles. The molecule has 0 saturated carbocycles. The highest BCUT2D eigenvalue weighted by Gasteiger charge is 2.10. The number of aromatic nitrogens is 1. The lowest BCUT2D eigenvalue weighted by Gasteiger charge is -2.22. The summed E-state index contributed by atoms with van der Waals surface area (Å²) in [6, 6.07) is 4.06. The van der Waals surface area contributed by atoms with Gasteiger partial charge in [-0.1, -0.05) is 26.8 Å². The average molecular weight is 292 g/mol. The van der Waals surface area contributed by atoms with Crippen molar-refractivity contribution in [2.45, 2.75) is 33.7 Å². The zero-order chi connectivity index (χ0) is 15.7. The monoisotopic (exact) mass is 292 g/mol. The smallest absolute Gasteiger partial charge is 0.239 e. The molecule has 0 aliphatic carbocycles. The van der Waals surface area contributed by atoms with E-state index in [1.807, 2.05) is 17.2 Å². The summed E-state index contributed by atoms with van der Waals surface area (Å²) in [5.74, 6) is 1.51. The van der Waals surface area contributed by atoms with Crippen molar-refractivity contribution in [2.75, 3.05) is 31.6 Å². The Bertz CT molecular complexity index is 417. The van der Waals surface area contributed by atoms with Crippen LogP contribution in [0.2, 0.25) is 0 Å². The molecule has 5 heteroatoms. The molecule has 0 radical (unpaired) electrons. The van der Waals surface area contributed by atoms with Crippen LogP contribution in [-0.2, 0) is 11.3 Å². The number of carbonyl (C=O) groups excluding carboxylic acids is 1. The topological polar surface area (TPSA) is 57.3 Å². The van der Waals surface area contributed by atoms with Crippen LogP contribution in [0.4, 0.5) is 5.82 Å². The molecule has 1 rings (SSSR count). The molecule has 118 valence electrons. The van der Waals surface area contributed by atoms with Gasteiger partial charge in [0, 0.05) is 26.3 Å². The van der Waals surface area contributed by atoms with Gasteiger partial charge in [-0.3, -0.25) is 4.79 Å². The minimum absolute atomic E-state index is 0.00734. The van der Waals surface area contributed by atoms with Gasteiger partial charge in [-0.15, -0.1) is 0 Å². The number of likely N-dealkylation sites (N-methyl/N-ethyl adjacent to an activating group) is 1. The number of rotatable bonds is 9. The van der Waals surface area contributed by atoms with Crippen molar-refractivity contribution in [3.63, 3.8) is 0 Å². The molecule has 1 aromatic heterocycles. The van der Waals surface area contributed by atoms with E-state index in [0.29, 0.717) is 12.5 Å². The first-order chi connectivity index (χ1) is 10.1. The largest absolute Gasteiger partial charge is 0.358 e. The molecule has 21 heavy (non-hydrogen) atoms. The number of pyridine rings is 1. The van der Waals surface area contributed by atoms with Crippen LogP contribution in [0.25, 0.3) is 0 Å². The first-order valence-electron chi connectivity index (χ1n) is 7.68. The van der Waals surface area contributed by atoms with Gasteiger partial charge in [0.25, 0.3) is 0 Å². The molecule has 1 amide bonds. The molecule has 1 aromatic rings. The Labute approximate surface area is 128 Å². The van der Waals surface area contributed by atoms with Crippen LogP contribution in [0.3, 0.4) is 0 Å². The van der Waals surface area contributed by atoms with Gasteiger partial charge in [0.2, 0.25) is 5.91 Å². The minimum atomic E-state index is 0.00734. The van der Waals surface area contributed by atoms with E-state index in [9.17, 15) is 4.79 Å². The summed E-state index contributed by atoms with van der Waals surface area (Å²) in [5.41, 5.74) is 1.16. The van der Waals surface area contributed by atoms with Crippen molar-refractivity contribution < 1.29 is 4.79 Å². The van der Waals surface area contributed by atoms with Gasteiger partial charge in [0.1, 0.15) is 5.82 Å². The Balaban J connectivity index is 2.62. The SMILES string of the molecule is CCCN(CC(=O)NC)c1ccc(CNCC(C)C)cn1. The van der Waals surface area contributed by atoms with E-state index in [4.69, 9.17) is 0 Å². The highest BCUT2D eigenvalue weighted by molar-refractivity contribution is 5.80. The van der Waals surface area contributed by atoms with Crippen LogP contribution in [0.1, 0.15) is 32.8 Å². The molecule has 0 fully saturated rings. The molecule has 0 aliphatic heterocycles. The maximum absolute atomic E-state index is 11.6. The fourth-order valence-electron chi connectivity index (χ4n) is 2.01. The van der Waals surface area contributed by atoms with Crippen LogP contribution in [-0.4, -0.2) is 37.6 Å². The Morgan fingerprint density at radius 2 is 2.14 bits per heavy atom. The van der Waals surface area contributed by atoms with Crippen LogP contribution >= 0.6 is 0 Å². The van der Waals surface area contributed by atoms with E-state index in [0.717, 1.165) is 37.4 Å². The number of nitrogens with zero attached hydrogens (tertiary/aromatic N) is 2. The molecule has 0 bridgehead atoms. The van der Waals surface area contributed by atoms with Gasteiger partial charge in [0.15, 0.2) is 0 Å². The fraction of sp³-hybridized carbons (Fsp3) is 0.625. The predicted octanol–water partition coefficient (Wildman–Crippen LogP) is 1.79. The molecule has 1 heterocycles. The molecular weight excluding hydrogens is 264 g/mol. The summed E-state index contributed by atoms with van der Waals surface area (Å²) in [5, 5.41) is 6.05. The standard InChI is InChI=1S/C16H28N4O/c1-5-8-20(12-16(21)17-4)15-7-6-14(11-19-15)10-18-9-13(2)3/h6-7,11,13,18H,5,8-10,12H2,1-4H3,(H,17,21). The Morgan fingerprint density at radius 1 is 1.38 bits per heavy atom. The molecule has 0 unspecified atom stereocenters. The zero-order valence-electron chi connectivity index (χ0n) is 13.6. The highest BCUT2D eigenvalue weighted by Crippen LogP contribution is 2.11. The van der Waals surface area contributed by atoms with E-state index < -0.39 is 0 Å². The molecule has 5 nitrogen and oxygen atoms in total. The lowest BCUT2D eigenvalue weighted by atomic mass is 10.2. The third kappa shape index (κ3) is 6.58. The highest BCUT2D eigenvalue weighted by atomic mass is 16.1. The summed E-state index contributed by atoms with van der Waals surface area (Å²) in [4.78, 5) is 18.0. The first-order valence-corrected chi connectivity index (χ1v) is 7.68. The second-order valence-electron chi connectivity index (χ2n) is 5.64. The number of carbonyl (C=O) groups is 1. The van der Waals surface area contributed by atoms with Gasteiger partial charge < -0.3 is 15.5 Å². The summed E-state index contributed by atoms with van der Waals surface area (Å²) in [7, 11) is 1.66. The second-order valence-corrected chi connectivity index (χ2v) is 5.64. The quantitative estimate of drug-likeness (QED) is 0.728. The number of nitrogens with one attached hydrogen (secondary N) is 2. The third-order valence-corrected chi connectivity index (χ3v) is 3.12. The number of hydrogen-bond donors (Lipinski definition) is 2. The maximum Gasteiger partial charge on any atom is 0.239 e. The molecule has 0 spiro atoms. The predicted molar refractivity (Wildman–Crippen MR) is 87.4 cm³/mol. The number of hydrogen-bond acceptors (Lipinski definition) is 4. The lowest BCUT2D eigenvalue weighted by molar-refractivity contribution is -0.119.